The second-order valence-corrected chi connectivity index (χ2v) is 10.9. The molecule has 0 aromatic heterocycles. The zero-order valence-corrected chi connectivity index (χ0v) is 21.9. The van der Waals surface area contributed by atoms with Crippen LogP contribution in [0.1, 0.15) is 29.8 Å². The van der Waals surface area contributed by atoms with Crippen LogP contribution in [-0.4, -0.2) is 19.3 Å². The Morgan fingerprint density at radius 3 is 2.38 bits per heavy atom. The van der Waals surface area contributed by atoms with Gasteiger partial charge in [0.25, 0.3) is 0 Å². The standard InChI is InChI=1S/C29H27ClN2O4S/c1-2-35-27-18-23(15-16-26(27)36-20-22-11-8-12-24(30)17-22)29-31-25-13-6-7-14-28(25)37(33,34)32(29)19-21-9-4-3-5-10-21/h3-18,29,31H,2,19-20H2,1H3/t29-/m0/s1. The number of hydrogen-bond acceptors (Lipinski definition) is 5. The third kappa shape index (κ3) is 5.44. The van der Waals surface area contributed by atoms with Crippen molar-refractivity contribution in [3.05, 3.63) is 119 Å². The summed E-state index contributed by atoms with van der Waals surface area (Å²) in [4.78, 5) is 0.258. The number of nitrogens with one attached hydrogen (secondary N) is 1. The molecule has 1 atom stereocenters. The van der Waals surface area contributed by atoms with Crippen molar-refractivity contribution < 1.29 is 17.9 Å². The van der Waals surface area contributed by atoms with E-state index >= 15 is 0 Å². The molecule has 190 valence electrons. The van der Waals surface area contributed by atoms with Crippen LogP contribution in [0.4, 0.5) is 5.69 Å². The zero-order chi connectivity index (χ0) is 25.8. The van der Waals surface area contributed by atoms with Crippen molar-refractivity contribution in [2.75, 3.05) is 11.9 Å². The lowest BCUT2D eigenvalue weighted by molar-refractivity contribution is 0.268. The van der Waals surface area contributed by atoms with Gasteiger partial charge in [-0.15, -0.1) is 0 Å². The summed E-state index contributed by atoms with van der Waals surface area (Å²) in [5.74, 6) is 1.11. The maximum Gasteiger partial charge on any atom is 0.247 e. The fourth-order valence-electron chi connectivity index (χ4n) is 4.35. The lowest BCUT2D eigenvalue weighted by Crippen LogP contribution is -2.42. The van der Waals surface area contributed by atoms with Crippen LogP contribution in [0, 0.1) is 0 Å². The monoisotopic (exact) mass is 534 g/mol. The largest absolute Gasteiger partial charge is 0.490 e. The summed E-state index contributed by atoms with van der Waals surface area (Å²) >= 11 is 6.10. The van der Waals surface area contributed by atoms with Gasteiger partial charge in [-0.05, 0) is 60.0 Å². The fraction of sp³-hybridized carbons (Fsp3) is 0.172. The third-order valence-electron chi connectivity index (χ3n) is 6.10. The molecular weight excluding hydrogens is 508 g/mol. The summed E-state index contributed by atoms with van der Waals surface area (Å²) in [6, 6.07) is 29.6. The minimum atomic E-state index is -3.78. The lowest BCUT2D eigenvalue weighted by Gasteiger charge is -2.37. The van der Waals surface area contributed by atoms with E-state index in [9.17, 15) is 8.42 Å². The van der Waals surface area contributed by atoms with Gasteiger partial charge in [0.05, 0.1) is 12.3 Å². The quantitative estimate of drug-likeness (QED) is 0.275. The van der Waals surface area contributed by atoms with E-state index in [2.05, 4.69) is 5.32 Å². The molecule has 1 aliphatic rings. The Morgan fingerprint density at radius 1 is 0.838 bits per heavy atom. The molecule has 1 N–H and O–H groups in total. The van der Waals surface area contributed by atoms with E-state index in [0.29, 0.717) is 35.4 Å². The fourth-order valence-corrected chi connectivity index (χ4v) is 6.25. The Hall–Kier alpha value is -3.52. The summed E-state index contributed by atoms with van der Waals surface area (Å²) in [6.07, 6.45) is -0.638. The molecule has 1 heterocycles. The van der Waals surface area contributed by atoms with Crippen LogP contribution in [0.5, 0.6) is 11.5 Å². The Bertz CT molecular complexity index is 1500. The van der Waals surface area contributed by atoms with Crippen molar-refractivity contribution in [2.24, 2.45) is 0 Å². The van der Waals surface area contributed by atoms with Crippen LogP contribution in [0.2, 0.25) is 5.02 Å². The van der Waals surface area contributed by atoms with Gasteiger partial charge in [0, 0.05) is 11.6 Å². The Morgan fingerprint density at radius 2 is 1.59 bits per heavy atom. The van der Waals surface area contributed by atoms with Crippen molar-refractivity contribution >= 4 is 27.3 Å². The van der Waals surface area contributed by atoms with Crippen molar-refractivity contribution in [3.8, 4) is 11.5 Å². The van der Waals surface area contributed by atoms with E-state index in [1.165, 1.54) is 4.31 Å². The first-order chi connectivity index (χ1) is 18.0. The first-order valence-corrected chi connectivity index (χ1v) is 13.8. The summed E-state index contributed by atoms with van der Waals surface area (Å²) < 4.78 is 41.0. The molecule has 0 radical (unpaired) electrons. The van der Waals surface area contributed by atoms with Gasteiger partial charge in [-0.3, -0.25) is 0 Å². The Balaban J connectivity index is 1.51. The summed E-state index contributed by atoms with van der Waals surface area (Å²) in [5, 5.41) is 4.07. The number of anilines is 1. The number of ether oxygens (including phenoxy) is 2. The van der Waals surface area contributed by atoms with E-state index in [-0.39, 0.29) is 11.4 Å². The molecule has 5 rings (SSSR count). The SMILES string of the molecule is CCOc1cc([C@H]2Nc3ccccc3S(=O)(=O)N2Cc2ccccc2)ccc1OCc1cccc(Cl)c1. The molecule has 0 aliphatic carbocycles. The number of hydrogen-bond donors (Lipinski definition) is 1. The summed E-state index contributed by atoms with van der Waals surface area (Å²) in [6.45, 7) is 2.87. The predicted molar refractivity (Wildman–Crippen MR) is 145 cm³/mol. The van der Waals surface area contributed by atoms with Gasteiger partial charge >= 0.3 is 0 Å². The second kappa shape index (κ2) is 10.8. The Kier molecular flexibility index (Phi) is 7.37. The van der Waals surface area contributed by atoms with Gasteiger partial charge in [-0.25, -0.2) is 8.42 Å². The van der Waals surface area contributed by atoms with Crippen molar-refractivity contribution in [1.29, 1.82) is 0 Å². The molecule has 6 nitrogen and oxygen atoms in total. The van der Waals surface area contributed by atoms with Gasteiger partial charge in [-0.1, -0.05) is 72.3 Å². The van der Waals surface area contributed by atoms with E-state index in [0.717, 1.165) is 16.7 Å². The molecule has 37 heavy (non-hydrogen) atoms. The van der Waals surface area contributed by atoms with Crippen LogP contribution in [0.3, 0.4) is 0 Å². The molecule has 1 aliphatic heterocycles. The zero-order valence-electron chi connectivity index (χ0n) is 20.3. The molecule has 4 aromatic rings. The molecular formula is C29H27ClN2O4S. The highest BCUT2D eigenvalue weighted by atomic mass is 35.5. The first kappa shape index (κ1) is 25.1. The minimum Gasteiger partial charge on any atom is -0.490 e. The van der Waals surface area contributed by atoms with E-state index in [4.69, 9.17) is 21.1 Å². The lowest BCUT2D eigenvalue weighted by atomic mass is 10.1. The van der Waals surface area contributed by atoms with Gasteiger partial charge in [0.2, 0.25) is 10.0 Å². The molecule has 0 spiro atoms. The molecule has 0 amide bonds. The topological polar surface area (TPSA) is 67.9 Å². The van der Waals surface area contributed by atoms with Crippen LogP contribution < -0.4 is 14.8 Å². The number of halogens is 1. The molecule has 0 saturated heterocycles. The van der Waals surface area contributed by atoms with Crippen LogP contribution in [-0.2, 0) is 23.2 Å². The highest BCUT2D eigenvalue weighted by Gasteiger charge is 2.39. The van der Waals surface area contributed by atoms with Crippen LogP contribution in [0.25, 0.3) is 0 Å². The number of nitrogens with zero attached hydrogens (tertiary/aromatic N) is 1. The number of para-hydroxylation sites is 1. The third-order valence-corrected chi connectivity index (χ3v) is 8.21. The predicted octanol–water partition coefficient (Wildman–Crippen LogP) is 6.63. The molecule has 4 aromatic carbocycles. The number of fused-ring (bicyclic) bond motifs is 1. The van der Waals surface area contributed by atoms with E-state index < -0.39 is 16.2 Å². The maximum atomic E-state index is 13.8. The van der Waals surface area contributed by atoms with Crippen molar-refractivity contribution in [3.63, 3.8) is 0 Å². The summed E-state index contributed by atoms with van der Waals surface area (Å²) in [7, 11) is -3.78. The average molecular weight is 535 g/mol. The minimum absolute atomic E-state index is 0.214. The van der Waals surface area contributed by atoms with Gasteiger partial charge in [0.15, 0.2) is 11.5 Å². The smallest absolute Gasteiger partial charge is 0.247 e. The van der Waals surface area contributed by atoms with Crippen LogP contribution in [0.15, 0.2) is 102 Å². The molecule has 0 unspecified atom stereocenters. The average Bonchev–Trinajstić information content (AvgIpc) is 2.90. The second-order valence-electron chi connectivity index (χ2n) is 8.64. The molecule has 0 fully saturated rings. The first-order valence-electron chi connectivity index (χ1n) is 12.0. The maximum absolute atomic E-state index is 13.8. The normalized spacial score (nSPS) is 16.4. The number of benzene rings is 4. The van der Waals surface area contributed by atoms with Gasteiger partial charge in [-0.2, -0.15) is 4.31 Å². The van der Waals surface area contributed by atoms with Crippen molar-refractivity contribution in [1.82, 2.24) is 4.31 Å². The number of sulfonamides is 1. The van der Waals surface area contributed by atoms with Gasteiger partial charge < -0.3 is 14.8 Å². The summed E-state index contributed by atoms with van der Waals surface area (Å²) in [5.41, 5.74) is 3.14. The number of rotatable bonds is 8. The van der Waals surface area contributed by atoms with Gasteiger partial charge in [0.1, 0.15) is 17.7 Å². The van der Waals surface area contributed by atoms with E-state index in [1.54, 1.807) is 18.2 Å². The van der Waals surface area contributed by atoms with E-state index in [1.807, 2.05) is 85.8 Å². The highest BCUT2D eigenvalue weighted by molar-refractivity contribution is 7.89. The Labute approximate surface area is 222 Å². The molecule has 0 bridgehead atoms. The van der Waals surface area contributed by atoms with Crippen LogP contribution >= 0.6 is 11.6 Å². The molecule has 0 saturated carbocycles. The molecule has 8 heteroatoms. The highest BCUT2D eigenvalue weighted by Crippen LogP contribution is 2.41. The van der Waals surface area contributed by atoms with Crippen molar-refractivity contribution in [2.45, 2.75) is 31.1 Å².